The van der Waals surface area contributed by atoms with E-state index in [4.69, 9.17) is 5.73 Å². The molecule has 0 aromatic rings. The molecule has 2 nitrogen and oxygen atoms in total. The van der Waals surface area contributed by atoms with E-state index in [0.717, 1.165) is 31.8 Å². The number of nitrogens with two attached hydrogens (primary N) is 1. The third kappa shape index (κ3) is 1.99. The maximum atomic E-state index is 6.34. The van der Waals surface area contributed by atoms with Crippen LogP contribution in [0.2, 0.25) is 0 Å². The summed E-state index contributed by atoms with van der Waals surface area (Å²) >= 11 is 0. The summed E-state index contributed by atoms with van der Waals surface area (Å²) in [5.74, 6) is 0.744. The fourth-order valence-corrected chi connectivity index (χ4v) is 2.22. The Kier molecular flexibility index (Phi) is 3.53. The normalized spacial score (nSPS) is 21.2. The highest BCUT2D eigenvalue weighted by Gasteiger charge is 2.31. The van der Waals surface area contributed by atoms with Crippen molar-refractivity contribution in [1.82, 2.24) is 5.32 Å². The Balaban J connectivity index is 2.51. The van der Waals surface area contributed by atoms with Crippen LogP contribution in [0.5, 0.6) is 0 Å². The Labute approximate surface area is 75.9 Å². The van der Waals surface area contributed by atoms with E-state index in [9.17, 15) is 0 Å². The fraction of sp³-hybridized carbons (Fsp3) is 1.00. The van der Waals surface area contributed by atoms with Crippen LogP contribution in [0.3, 0.4) is 0 Å². The highest BCUT2D eigenvalue weighted by Crippen LogP contribution is 2.29. The van der Waals surface area contributed by atoms with Gasteiger partial charge in [0.25, 0.3) is 0 Å². The van der Waals surface area contributed by atoms with E-state index in [-0.39, 0.29) is 5.54 Å². The first-order valence-corrected chi connectivity index (χ1v) is 5.22. The molecule has 72 valence electrons. The van der Waals surface area contributed by atoms with E-state index in [0.29, 0.717) is 0 Å². The average molecular weight is 170 g/mol. The lowest BCUT2D eigenvalue weighted by atomic mass is 9.75. The molecule has 0 aromatic heterocycles. The molecule has 0 aliphatic carbocycles. The second-order valence-corrected chi connectivity index (χ2v) is 3.96. The number of hydrogen-bond acceptors (Lipinski definition) is 2. The molecule has 0 unspecified atom stereocenters. The minimum atomic E-state index is 0.113. The van der Waals surface area contributed by atoms with E-state index in [1.807, 2.05) is 0 Å². The van der Waals surface area contributed by atoms with Gasteiger partial charge in [0.1, 0.15) is 0 Å². The van der Waals surface area contributed by atoms with Gasteiger partial charge >= 0.3 is 0 Å². The fourth-order valence-electron chi connectivity index (χ4n) is 2.22. The zero-order valence-electron chi connectivity index (χ0n) is 8.40. The second kappa shape index (κ2) is 4.24. The van der Waals surface area contributed by atoms with E-state index in [1.165, 1.54) is 12.8 Å². The first kappa shape index (κ1) is 10.0. The number of nitrogens with one attached hydrogen (secondary N) is 1. The molecule has 0 bridgehead atoms. The molecule has 1 aliphatic heterocycles. The van der Waals surface area contributed by atoms with Gasteiger partial charge in [-0.25, -0.2) is 0 Å². The van der Waals surface area contributed by atoms with Crippen LogP contribution in [0, 0.1) is 5.92 Å². The maximum absolute atomic E-state index is 6.34. The van der Waals surface area contributed by atoms with Crippen molar-refractivity contribution in [3.8, 4) is 0 Å². The molecule has 3 N–H and O–H groups in total. The molecular formula is C10H22N2. The van der Waals surface area contributed by atoms with E-state index < -0.39 is 0 Å². The number of hydrogen-bond donors (Lipinski definition) is 2. The van der Waals surface area contributed by atoms with Gasteiger partial charge in [-0.05, 0) is 44.7 Å². The molecule has 2 heteroatoms. The molecular weight excluding hydrogens is 148 g/mol. The van der Waals surface area contributed by atoms with Crippen molar-refractivity contribution in [3.05, 3.63) is 0 Å². The summed E-state index contributed by atoms with van der Waals surface area (Å²) in [4.78, 5) is 0. The van der Waals surface area contributed by atoms with Crippen molar-refractivity contribution < 1.29 is 0 Å². The lowest BCUT2D eigenvalue weighted by Crippen LogP contribution is -2.49. The maximum Gasteiger partial charge on any atom is 0.0178 e. The van der Waals surface area contributed by atoms with Crippen molar-refractivity contribution >= 4 is 0 Å². The molecule has 1 aliphatic rings. The van der Waals surface area contributed by atoms with Gasteiger partial charge in [0, 0.05) is 5.54 Å². The summed E-state index contributed by atoms with van der Waals surface area (Å²) < 4.78 is 0. The minimum Gasteiger partial charge on any atom is -0.325 e. The average Bonchev–Trinajstić information content (AvgIpc) is 2.18. The molecule has 1 rings (SSSR count). The van der Waals surface area contributed by atoms with Gasteiger partial charge in [0.15, 0.2) is 0 Å². The van der Waals surface area contributed by atoms with Gasteiger partial charge in [-0.15, -0.1) is 0 Å². The van der Waals surface area contributed by atoms with E-state index in [1.54, 1.807) is 0 Å². The van der Waals surface area contributed by atoms with Gasteiger partial charge in [-0.3, -0.25) is 0 Å². The van der Waals surface area contributed by atoms with Crippen molar-refractivity contribution in [2.45, 2.75) is 45.1 Å². The van der Waals surface area contributed by atoms with Crippen LogP contribution in [0.15, 0.2) is 0 Å². The van der Waals surface area contributed by atoms with E-state index in [2.05, 4.69) is 19.2 Å². The van der Waals surface area contributed by atoms with Crippen molar-refractivity contribution in [2.75, 3.05) is 13.1 Å². The van der Waals surface area contributed by atoms with Crippen LogP contribution < -0.4 is 11.1 Å². The van der Waals surface area contributed by atoms with Gasteiger partial charge in [-0.2, -0.15) is 0 Å². The van der Waals surface area contributed by atoms with Crippen molar-refractivity contribution in [3.63, 3.8) is 0 Å². The molecule has 1 fully saturated rings. The summed E-state index contributed by atoms with van der Waals surface area (Å²) in [6, 6.07) is 0. The zero-order valence-corrected chi connectivity index (χ0v) is 8.40. The second-order valence-electron chi connectivity index (χ2n) is 3.96. The van der Waals surface area contributed by atoms with Crippen LogP contribution in [0.1, 0.15) is 39.5 Å². The number of rotatable bonds is 3. The minimum absolute atomic E-state index is 0.113. The zero-order chi connectivity index (χ0) is 9.03. The molecule has 0 saturated carbocycles. The van der Waals surface area contributed by atoms with Crippen molar-refractivity contribution in [2.24, 2.45) is 11.7 Å². The quantitative estimate of drug-likeness (QED) is 0.673. The smallest absolute Gasteiger partial charge is 0.0178 e. The Morgan fingerprint density at radius 1 is 1.25 bits per heavy atom. The molecule has 0 atom stereocenters. The van der Waals surface area contributed by atoms with Crippen LogP contribution in [-0.4, -0.2) is 18.6 Å². The first-order chi connectivity index (χ1) is 5.73. The molecule has 1 saturated heterocycles. The topological polar surface area (TPSA) is 38.0 Å². The standard InChI is InChI=1S/C10H22N2/c1-3-10(11,4-2)9-5-7-12-8-6-9/h9,12H,3-8,11H2,1-2H3. The lowest BCUT2D eigenvalue weighted by molar-refractivity contribution is 0.201. The summed E-state index contributed by atoms with van der Waals surface area (Å²) in [6.45, 7) is 6.74. The third-order valence-corrected chi connectivity index (χ3v) is 3.47. The summed E-state index contributed by atoms with van der Waals surface area (Å²) in [6.07, 6.45) is 4.76. The van der Waals surface area contributed by atoms with Crippen molar-refractivity contribution in [1.29, 1.82) is 0 Å². The predicted octanol–water partition coefficient (Wildman–Crippen LogP) is 1.50. The van der Waals surface area contributed by atoms with Gasteiger partial charge in [0.05, 0.1) is 0 Å². The molecule has 0 amide bonds. The predicted molar refractivity (Wildman–Crippen MR) is 53.1 cm³/mol. The third-order valence-electron chi connectivity index (χ3n) is 3.47. The Bertz CT molecular complexity index is 124. The Hall–Kier alpha value is -0.0800. The Morgan fingerprint density at radius 3 is 2.17 bits per heavy atom. The van der Waals surface area contributed by atoms with Crippen LogP contribution in [-0.2, 0) is 0 Å². The molecule has 0 aromatic carbocycles. The van der Waals surface area contributed by atoms with E-state index >= 15 is 0 Å². The van der Waals surface area contributed by atoms with Gasteiger partial charge in [0.2, 0.25) is 0 Å². The van der Waals surface area contributed by atoms with Crippen LogP contribution >= 0.6 is 0 Å². The highest BCUT2D eigenvalue weighted by atomic mass is 14.9. The number of piperidine rings is 1. The summed E-state index contributed by atoms with van der Waals surface area (Å²) in [5.41, 5.74) is 6.46. The molecule has 12 heavy (non-hydrogen) atoms. The molecule has 0 radical (unpaired) electrons. The largest absolute Gasteiger partial charge is 0.325 e. The Morgan fingerprint density at radius 2 is 1.75 bits per heavy atom. The molecule has 0 spiro atoms. The van der Waals surface area contributed by atoms with Gasteiger partial charge in [-0.1, -0.05) is 13.8 Å². The van der Waals surface area contributed by atoms with Crippen LogP contribution in [0.25, 0.3) is 0 Å². The summed E-state index contributed by atoms with van der Waals surface area (Å²) in [7, 11) is 0. The first-order valence-electron chi connectivity index (χ1n) is 5.22. The highest BCUT2D eigenvalue weighted by molar-refractivity contribution is 4.91. The molecule has 1 heterocycles. The van der Waals surface area contributed by atoms with Crippen LogP contribution in [0.4, 0.5) is 0 Å². The van der Waals surface area contributed by atoms with Gasteiger partial charge < -0.3 is 11.1 Å². The summed E-state index contributed by atoms with van der Waals surface area (Å²) in [5, 5.41) is 3.38. The SMILES string of the molecule is CCC(N)(CC)C1CCNCC1. The monoisotopic (exact) mass is 170 g/mol. The lowest BCUT2D eigenvalue weighted by Gasteiger charge is -2.38.